The van der Waals surface area contributed by atoms with Gasteiger partial charge in [-0.1, -0.05) is 41.0 Å². The van der Waals surface area contributed by atoms with E-state index in [0.717, 1.165) is 36.3 Å². The predicted octanol–water partition coefficient (Wildman–Crippen LogP) is 3.21. The molecule has 0 bridgehead atoms. The Bertz CT molecular complexity index is 1160. The van der Waals surface area contributed by atoms with Crippen molar-refractivity contribution in [2.45, 2.75) is 25.0 Å². The van der Waals surface area contributed by atoms with Crippen LogP contribution in [0.5, 0.6) is 0 Å². The first-order valence-corrected chi connectivity index (χ1v) is 11.1. The molecule has 10 heteroatoms. The van der Waals surface area contributed by atoms with Crippen LogP contribution in [0.25, 0.3) is 5.70 Å². The maximum Gasteiger partial charge on any atom is 0.251 e. The number of amides is 1. The number of halogens is 2. The molecular formula is C23H22ClFN6O2. The second kappa shape index (κ2) is 9.29. The van der Waals surface area contributed by atoms with Crippen LogP contribution in [-0.4, -0.2) is 51.9 Å². The number of benzene rings is 2. The Hall–Kier alpha value is -3.30. The van der Waals surface area contributed by atoms with Crippen LogP contribution in [0, 0.1) is 5.82 Å². The van der Waals surface area contributed by atoms with Crippen LogP contribution in [-0.2, 0) is 9.53 Å². The minimum atomic E-state index is -0.368. The second-order valence-electron chi connectivity index (χ2n) is 8.00. The van der Waals surface area contributed by atoms with Crippen molar-refractivity contribution in [3.8, 4) is 0 Å². The number of ether oxygens (including phenoxy) is 1. The van der Waals surface area contributed by atoms with Crippen molar-refractivity contribution in [3.05, 3.63) is 76.6 Å². The molecule has 170 valence electrons. The molecule has 0 saturated carbocycles. The van der Waals surface area contributed by atoms with Crippen molar-refractivity contribution < 1.29 is 13.9 Å². The molecule has 0 aliphatic carbocycles. The summed E-state index contributed by atoms with van der Waals surface area (Å²) in [5.74, 6) is -0.0675. The van der Waals surface area contributed by atoms with E-state index >= 15 is 0 Å². The van der Waals surface area contributed by atoms with Gasteiger partial charge in [0.15, 0.2) is 0 Å². The van der Waals surface area contributed by atoms with Crippen molar-refractivity contribution in [1.29, 1.82) is 0 Å². The number of carbonyl (C=O) groups excluding carboxylic acids is 1. The molecule has 8 nitrogen and oxygen atoms in total. The van der Waals surface area contributed by atoms with E-state index in [1.54, 1.807) is 33.8 Å². The van der Waals surface area contributed by atoms with Crippen molar-refractivity contribution in [2.24, 2.45) is 0 Å². The number of fused-ring (bicyclic) bond motifs is 1. The average molecular weight is 469 g/mol. The summed E-state index contributed by atoms with van der Waals surface area (Å²) in [5, 5.41) is 15.8. The van der Waals surface area contributed by atoms with Crippen LogP contribution >= 0.6 is 11.6 Å². The van der Waals surface area contributed by atoms with E-state index in [2.05, 4.69) is 20.8 Å². The Labute approximate surface area is 195 Å². The fourth-order valence-electron chi connectivity index (χ4n) is 4.12. The van der Waals surface area contributed by atoms with Gasteiger partial charge in [-0.15, -0.1) is 0 Å². The molecule has 1 N–H and O–H groups in total. The van der Waals surface area contributed by atoms with Gasteiger partial charge in [0.25, 0.3) is 5.95 Å². The Morgan fingerprint density at radius 1 is 1.18 bits per heavy atom. The van der Waals surface area contributed by atoms with Crippen LogP contribution in [0.1, 0.15) is 30.0 Å². The number of allylic oxidation sites excluding steroid dienone is 1. The molecule has 2 aliphatic heterocycles. The number of carbonyl (C=O) groups is 1. The second-order valence-corrected chi connectivity index (χ2v) is 8.44. The minimum Gasteiger partial charge on any atom is -0.376 e. The van der Waals surface area contributed by atoms with Crippen LogP contribution in [0.2, 0.25) is 5.02 Å². The van der Waals surface area contributed by atoms with Gasteiger partial charge in [0, 0.05) is 18.2 Å². The van der Waals surface area contributed by atoms with Crippen molar-refractivity contribution in [1.82, 2.24) is 25.5 Å². The number of nitrogens with zero attached hydrogens (tertiary/aromatic N) is 5. The zero-order valence-corrected chi connectivity index (χ0v) is 18.5. The summed E-state index contributed by atoms with van der Waals surface area (Å²) >= 11 is 6.10. The largest absolute Gasteiger partial charge is 0.376 e. The Kier molecular flexibility index (Phi) is 6.06. The molecule has 1 fully saturated rings. The number of aromatic nitrogens is 4. The molecule has 1 amide bonds. The highest BCUT2D eigenvalue weighted by molar-refractivity contribution is 6.30. The summed E-state index contributed by atoms with van der Waals surface area (Å²) in [6, 6.07) is 13.2. The van der Waals surface area contributed by atoms with Gasteiger partial charge in [0.05, 0.1) is 11.8 Å². The van der Waals surface area contributed by atoms with Crippen molar-refractivity contribution >= 4 is 29.2 Å². The minimum absolute atomic E-state index is 0.0255. The average Bonchev–Trinajstić information content (AvgIpc) is 3.52. The number of nitrogens with one attached hydrogen (secondary N) is 1. The van der Waals surface area contributed by atoms with Crippen molar-refractivity contribution in [2.75, 3.05) is 24.6 Å². The van der Waals surface area contributed by atoms with Crippen molar-refractivity contribution in [3.63, 3.8) is 0 Å². The summed E-state index contributed by atoms with van der Waals surface area (Å²) < 4.78 is 20.7. The van der Waals surface area contributed by atoms with E-state index in [1.807, 2.05) is 18.2 Å². The first-order chi connectivity index (χ1) is 16.1. The van der Waals surface area contributed by atoms with E-state index in [4.69, 9.17) is 16.3 Å². The Balaban J connectivity index is 1.48. The molecule has 3 aromatic rings. The molecule has 1 aromatic heterocycles. The molecule has 0 radical (unpaired) electrons. The topological polar surface area (TPSA) is 85.2 Å². The third-order valence-electron chi connectivity index (χ3n) is 5.79. The molecule has 0 spiro atoms. The fourth-order valence-corrected chi connectivity index (χ4v) is 4.25. The molecular weight excluding hydrogens is 447 g/mol. The third kappa shape index (κ3) is 4.60. The summed E-state index contributed by atoms with van der Waals surface area (Å²) in [6.45, 7) is 1.23. The number of hydrogen-bond acceptors (Lipinski definition) is 6. The highest BCUT2D eigenvalue weighted by atomic mass is 35.5. The summed E-state index contributed by atoms with van der Waals surface area (Å²) in [5.41, 5.74) is 2.43. The lowest BCUT2D eigenvalue weighted by Crippen LogP contribution is -2.42. The normalized spacial score (nSPS) is 19.8. The summed E-state index contributed by atoms with van der Waals surface area (Å²) in [6.07, 6.45) is 3.97. The van der Waals surface area contributed by atoms with Crippen LogP contribution < -0.4 is 10.2 Å². The van der Waals surface area contributed by atoms with Crippen LogP contribution in [0.3, 0.4) is 0 Å². The predicted molar refractivity (Wildman–Crippen MR) is 121 cm³/mol. The standard InChI is InChI=1S/C23H22ClFN6O2/c24-17-7-3-15(4-8-17)20-12-21(16-5-9-18(25)10-6-16)31-23(27-28-29-31)30(20)14-22(32)26-13-19-2-1-11-33-19/h3-10,12,19,21H,1-2,11,13-14H2,(H,26,32). The quantitative estimate of drug-likeness (QED) is 0.598. The maximum absolute atomic E-state index is 13.5. The van der Waals surface area contributed by atoms with E-state index in [0.29, 0.717) is 17.5 Å². The lowest BCUT2D eigenvalue weighted by molar-refractivity contribution is -0.120. The highest BCUT2D eigenvalue weighted by Gasteiger charge is 2.32. The summed E-state index contributed by atoms with van der Waals surface area (Å²) in [4.78, 5) is 14.6. The van der Waals surface area contributed by atoms with E-state index in [-0.39, 0.29) is 30.4 Å². The van der Waals surface area contributed by atoms with E-state index < -0.39 is 0 Å². The number of tetrazole rings is 1. The number of rotatable bonds is 6. The summed E-state index contributed by atoms with van der Waals surface area (Å²) in [7, 11) is 0. The van der Waals surface area contributed by atoms with Gasteiger partial charge in [0.1, 0.15) is 18.4 Å². The van der Waals surface area contributed by atoms with Gasteiger partial charge in [-0.2, -0.15) is 4.68 Å². The first-order valence-electron chi connectivity index (χ1n) is 10.8. The molecule has 5 rings (SSSR count). The molecule has 3 heterocycles. The van der Waals surface area contributed by atoms with E-state index in [1.165, 1.54) is 12.1 Å². The van der Waals surface area contributed by atoms with Gasteiger partial charge >= 0.3 is 0 Å². The van der Waals surface area contributed by atoms with Gasteiger partial charge in [0.2, 0.25) is 5.91 Å². The molecule has 2 aromatic carbocycles. The molecule has 2 aliphatic rings. The fraction of sp³-hybridized carbons (Fsp3) is 0.304. The van der Waals surface area contributed by atoms with Gasteiger partial charge < -0.3 is 10.1 Å². The monoisotopic (exact) mass is 468 g/mol. The SMILES string of the molecule is O=C(CN1C(c2ccc(Cl)cc2)=CC(c2ccc(F)cc2)n2nnnc21)NCC1CCCO1. The van der Waals surface area contributed by atoms with Crippen LogP contribution in [0.4, 0.5) is 10.3 Å². The van der Waals surface area contributed by atoms with Gasteiger partial charge in [-0.05, 0) is 64.7 Å². The molecule has 2 unspecified atom stereocenters. The highest BCUT2D eigenvalue weighted by Crippen LogP contribution is 2.36. The number of hydrogen-bond donors (Lipinski definition) is 1. The lowest BCUT2D eigenvalue weighted by atomic mass is 10.0. The van der Waals surface area contributed by atoms with Crippen LogP contribution in [0.15, 0.2) is 54.6 Å². The van der Waals surface area contributed by atoms with Gasteiger partial charge in [-0.3, -0.25) is 9.69 Å². The third-order valence-corrected chi connectivity index (χ3v) is 6.04. The Morgan fingerprint density at radius 2 is 1.97 bits per heavy atom. The smallest absolute Gasteiger partial charge is 0.251 e. The molecule has 33 heavy (non-hydrogen) atoms. The van der Waals surface area contributed by atoms with Gasteiger partial charge in [-0.25, -0.2) is 4.39 Å². The number of anilines is 1. The molecule has 2 atom stereocenters. The molecule has 1 saturated heterocycles. The Morgan fingerprint density at radius 3 is 2.70 bits per heavy atom. The zero-order valence-electron chi connectivity index (χ0n) is 17.7. The van der Waals surface area contributed by atoms with E-state index in [9.17, 15) is 9.18 Å². The zero-order chi connectivity index (χ0) is 22.8. The maximum atomic E-state index is 13.5. The first kappa shape index (κ1) is 21.5. The lowest BCUT2D eigenvalue weighted by Gasteiger charge is -2.32.